The van der Waals surface area contributed by atoms with Crippen molar-refractivity contribution < 1.29 is 12.8 Å². The summed E-state index contributed by atoms with van der Waals surface area (Å²) in [6.45, 7) is 0. The van der Waals surface area contributed by atoms with Crippen LogP contribution in [0.4, 0.5) is 10.1 Å². The van der Waals surface area contributed by atoms with Gasteiger partial charge in [-0.1, -0.05) is 29.8 Å². The molecule has 2 aromatic rings. The number of hydrogen-bond donors (Lipinski definition) is 1. The van der Waals surface area contributed by atoms with Gasteiger partial charge in [0.15, 0.2) is 9.84 Å². The highest BCUT2D eigenvalue weighted by atomic mass is 35.5. The zero-order valence-electron chi connectivity index (χ0n) is 9.81. The summed E-state index contributed by atoms with van der Waals surface area (Å²) in [4.78, 5) is -0.316. The molecule has 19 heavy (non-hydrogen) atoms. The van der Waals surface area contributed by atoms with E-state index < -0.39 is 15.7 Å². The largest absolute Gasteiger partial charge is 0.398 e. The molecule has 0 aromatic heterocycles. The Morgan fingerprint density at radius 1 is 1.16 bits per heavy atom. The van der Waals surface area contributed by atoms with Crippen molar-refractivity contribution in [1.82, 2.24) is 0 Å². The van der Waals surface area contributed by atoms with E-state index in [1.54, 1.807) is 6.07 Å². The van der Waals surface area contributed by atoms with E-state index in [0.29, 0.717) is 16.3 Å². The van der Waals surface area contributed by atoms with Crippen molar-refractivity contribution in [2.24, 2.45) is 0 Å². The van der Waals surface area contributed by atoms with Gasteiger partial charge in [-0.2, -0.15) is 0 Å². The van der Waals surface area contributed by atoms with Crippen LogP contribution in [0, 0.1) is 5.82 Å². The third-order valence-corrected chi connectivity index (χ3v) is 4.65. The van der Waals surface area contributed by atoms with Gasteiger partial charge in [-0.15, -0.1) is 0 Å². The van der Waals surface area contributed by atoms with Gasteiger partial charge in [-0.05, 0) is 29.8 Å². The fraction of sp³-hybridized carbons (Fsp3) is 0.0769. The number of nitrogen functional groups attached to an aromatic ring is 1. The Kier molecular flexibility index (Phi) is 3.78. The fourth-order valence-corrected chi connectivity index (χ4v) is 3.22. The molecule has 0 saturated carbocycles. The second-order valence-corrected chi connectivity index (χ2v) is 6.41. The summed E-state index contributed by atoms with van der Waals surface area (Å²) < 4.78 is 37.7. The van der Waals surface area contributed by atoms with Gasteiger partial charge in [0.2, 0.25) is 0 Å². The van der Waals surface area contributed by atoms with Gasteiger partial charge in [0.1, 0.15) is 10.7 Å². The monoisotopic (exact) mass is 299 g/mol. The summed E-state index contributed by atoms with van der Waals surface area (Å²) in [5.41, 5.74) is 6.36. The van der Waals surface area contributed by atoms with Gasteiger partial charge >= 0.3 is 0 Å². The van der Waals surface area contributed by atoms with Crippen LogP contribution in [-0.2, 0) is 15.6 Å². The molecule has 2 N–H and O–H groups in total. The van der Waals surface area contributed by atoms with E-state index in [9.17, 15) is 12.8 Å². The lowest BCUT2D eigenvalue weighted by Crippen LogP contribution is -2.07. The first-order chi connectivity index (χ1) is 8.90. The molecule has 0 aliphatic rings. The van der Waals surface area contributed by atoms with Gasteiger partial charge in [0.25, 0.3) is 0 Å². The molecule has 100 valence electrons. The third-order valence-electron chi connectivity index (χ3n) is 2.59. The van der Waals surface area contributed by atoms with Gasteiger partial charge in [-0.25, -0.2) is 12.8 Å². The topological polar surface area (TPSA) is 60.2 Å². The van der Waals surface area contributed by atoms with Crippen LogP contribution in [0.15, 0.2) is 47.4 Å². The first kappa shape index (κ1) is 13.8. The quantitative estimate of drug-likeness (QED) is 0.886. The molecule has 0 amide bonds. The lowest BCUT2D eigenvalue weighted by molar-refractivity contribution is 0.566. The van der Waals surface area contributed by atoms with Crippen LogP contribution < -0.4 is 5.73 Å². The van der Waals surface area contributed by atoms with Gasteiger partial charge in [-0.3, -0.25) is 0 Å². The Labute approximate surface area is 115 Å². The minimum Gasteiger partial charge on any atom is -0.398 e. The van der Waals surface area contributed by atoms with Gasteiger partial charge in [0, 0.05) is 0 Å². The summed E-state index contributed by atoms with van der Waals surface area (Å²) in [6.07, 6.45) is 0. The Bertz CT molecular complexity index is 716. The molecule has 0 fully saturated rings. The van der Waals surface area contributed by atoms with Crippen LogP contribution in [-0.4, -0.2) is 8.42 Å². The van der Waals surface area contributed by atoms with E-state index in [2.05, 4.69) is 0 Å². The Hall–Kier alpha value is -1.59. The maximum absolute atomic E-state index is 13.5. The predicted molar refractivity (Wildman–Crippen MR) is 73.2 cm³/mol. The molecule has 0 aliphatic carbocycles. The molecule has 0 aliphatic heterocycles. The Morgan fingerprint density at radius 3 is 2.47 bits per heavy atom. The number of anilines is 1. The van der Waals surface area contributed by atoms with Crippen LogP contribution >= 0.6 is 11.6 Å². The SMILES string of the molecule is Nc1cc(CS(=O)(=O)c2ccccc2F)ccc1Cl. The van der Waals surface area contributed by atoms with E-state index in [1.807, 2.05) is 0 Å². The molecule has 0 radical (unpaired) electrons. The van der Waals surface area contributed by atoms with Crippen LogP contribution in [0.5, 0.6) is 0 Å². The highest BCUT2D eigenvalue weighted by Gasteiger charge is 2.19. The van der Waals surface area contributed by atoms with Crippen molar-refractivity contribution in [2.45, 2.75) is 10.6 Å². The molecular weight excluding hydrogens is 289 g/mol. The second kappa shape index (κ2) is 5.19. The molecular formula is C13H11ClFNO2S. The lowest BCUT2D eigenvalue weighted by Gasteiger charge is -2.07. The molecule has 2 aromatic carbocycles. The molecule has 6 heteroatoms. The number of hydrogen-bond acceptors (Lipinski definition) is 3. The zero-order chi connectivity index (χ0) is 14.0. The van der Waals surface area contributed by atoms with Crippen LogP contribution in [0.3, 0.4) is 0 Å². The molecule has 0 spiro atoms. The number of sulfone groups is 1. The standard InChI is InChI=1S/C13H11ClFNO2S/c14-10-6-5-9(7-12(10)16)8-19(17,18)13-4-2-1-3-11(13)15/h1-7H,8,16H2. The first-order valence-electron chi connectivity index (χ1n) is 5.41. The zero-order valence-corrected chi connectivity index (χ0v) is 11.4. The third kappa shape index (κ3) is 3.05. The Morgan fingerprint density at radius 2 is 1.84 bits per heavy atom. The molecule has 0 saturated heterocycles. The fourth-order valence-electron chi connectivity index (χ4n) is 1.68. The van der Waals surface area contributed by atoms with Crippen molar-refractivity contribution in [1.29, 1.82) is 0 Å². The van der Waals surface area contributed by atoms with Crippen LogP contribution in [0.25, 0.3) is 0 Å². The summed E-state index contributed by atoms with van der Waals surface area (Å²) in [7, 11) is -3.75. The molecule has 0 atom stereocenters. The summed E-state index contributed by atoms with van der Waals surface area (Å²) in [5.74, 6) is -1.08. The van der Waals surface area contributed by atoms with Crippen molar-refractivity contribution in [3.8, 4) is 0 Å². The van der Waals surface area contributed by atoms with E-state index >= 15 is 0 Å². The summed E-state index contributed by atoms with van der Waals surface area (Å²) >= 11 is 5.76. The molecule has 3 nitrogen and oxygen atoms in total. The van der Waals surface area contributed by atoms with E-state index in [-0.39, 0.29) is 10.6 Å². The highest BCUT2D eigenvalue weighted by molar-refractivity contribution is 7.90. The molecule has 0 bridgehead atoms. The highest BCUT2D eigenvalue weighted by Crippen LogP contribution is 2.23. The number of halogens is 2. The summed E-state index contributed by atoms with van der Waals surface area (Å²) in [6, 6.07) is 9.81. The van der Waals surface area contributed by atoms with E-state index in [1.165, 1.54) is 30.3 Å². The maximum atomic E-state index is 13.5. The van der Waals surface area contributed by atoms with Crippen LogP contribution in [0.2, 0.25) is 5.02 Å². The first-order valence-corrected chi connectivity index (χ1v) is 7.44. The van der Waals surface area contributed by atoms with Crippen molar-refractivity contribution in [2.75, 3.05) is 5.73 Å². The smallest absolute Gasteiger partial charge is 0.185 e. The van der Waals surface area contributed by atoms with Gasteiger partial charge in [0.05, 0.1) is 16.5 Å². The van der Waals surface area contributed by atoms with Crippen molar-refractivity contribution in [3.05, 3.63) is 58.9 Å². The number of nitrogens with two attached hydrogens (primary N) is 1. The number of rotatable bonds is 3. The molecule has 0 heterocycles. The second-order valence-electron chi connectivity index (χ2n) is 4.05. The summed E-state index contributed by atoms with van der Waals surface area (Å²) in [5, 5.41) is 0.354. The lowest BCUT2D eigenvalue weighted by atomic mass is 10.2. The van der Waals surface area contributed by atoms with E-state index in [0.717, 1.165) is 6.07 Å². The van der Waals surface area contributed by atoms with Crippen molar-refractivity contribution in [3.63, 3.8) is 0 Å². The van der Waals surface area contributed by atoms with Crippen LogP contribution in [0.1, 0.15) is 5.56 Å². The molecule has 0 unspecified atom stereocenters. The minimum atomic E-state index is -3.75. The van der Waals surface area contributed by atoms with Crippen molar-refractivity contribution >= 4 is 27.1 Å². The van der Waals surface area contributed by atoms with Gasteiger partial charge < -0.3 is 5.73 Å². The maximum Gasteiger partial charge on any atom is 0.185 e. The predicted octanol–water partition coefficient (Wildman–Crippen LogP) is 3.04. The molecule has 2 rings (SSSR count). The number of benzene rings is 2. The Balaban J connectivity index is 2.37. The minimum absolute atomic E-state index is 0.294. The normalized spacial score (nSPS) is 11.5. The van der Waals surface area contributed by atoms with E-state index in [4.69, 9.17) is 17.3 Å². The average Bonchev–Trinajstić information content (AvgIpc) is 2.34. The average molecular weight is 300 g/mol.